The van der Waals surface area contributed by atoms with E-state index in [9.17, 15) is 9.59 Å². The highest BCUT2D eigenvalue weighted by molar-refractivity contribution is 5.97. The van der Waals surface area contributed by atoms with Crippen molar-refractivity contribution in [3.8, 4) is 0 Å². The Hall–Kier alpha value is -1.71. The molecule has 0 aliphatic rings. The van der Waals surface area contributed by atoms with Crippen molar-refractivity contribution in [2.24, 2.45) is 5.92 Å². The summed E-state index contributed by atoms with van der Waals surface area (Å²) in [5.41, 5.74) is 1.30. The van der Waals surface area contributed by atoms with Gasteiger partial charge in [0.25, 0.3) is 0 Å². The van der Waals surface area contributed by atoms with Crippen LogP contribution in [0.25, 0.3) is 0 Å². The lowest BCUT2D eigenvalue weighted by molar-refractivity contribution is -0.141. The van der Waals surface area contributed by atoms with E-state index in [0.29, 0.717) is 5.56 Å². The van der Waals surface area contributed by atoms with E-state index < -0.39 is 11.9 Å². The van der Waals surface area contributed by atoms with Crippen LogP contribution in [0, 0.1) is 12.8 Å². The number of aliphatic carboxylic acids is 1. The van der Waals surface area contributed by atoms with Crippen LogP contribution in [0.4, 0.5) is 0 Å². The number of Topliss-reactive ketones (excluding diaryl/α,β-unsaturated/α-hetero) is 1. The van der Waals surface area contributed by atoms with Crippen LogP contribution in [0.5, 0.6) is 0 Å². The molecule has 0 spiro atoms. The van der Waals surface area contributed by atoms with Crippen LogP contribution in [-0.4, -0.2) is 21.8 Å². The van der Waals surface area contributed by atoms with Crippen LogP contribution in [-0.2, 0) is 4.79 Å². The smallest absolute Gasteiger partial charge is 0.306 e. The van der Waals surface area contributed by atoms with Crippen molar-refractivity contribution in [1.82, 2.24) is 4.98 Å². The minimum atomic E-state index is -0.955. The van der Waals surface area contributed by atoms with Gasteiger partial charge in [0.2, 0.25) is 0 Å². The van der Waals surface area contributed by atoms with E-state index in [1.54, 1.807) is 12.1 Å². The summed E-state index contributed by atoms with van der Waals surface area (Å²) in [5, 5.41) is 8.65. The Kier molecular flexibility index (Phi) is 3.55. The SMILES string of the molecule is Cc1ccc(C(=O)CC(C)C(=O)O)cn1. The Morgan fingerprint density at radius 2 is 2.13 bits per heavy atom. The van der Waals surface area contributed by atoms with Crippen molar-refractivity contribution in [2.75, 3.05) is 0 Å². The van der Waals surface area contributed by atoms with Gasteiger partial charge in [-0.2, -0.15) is 0 Å². The molecule has 4 heteroatoms. The van der Waals surface area contributed by atoms with Crippen molar-refractivity contribution in [1.29, 1.82) is 0 Å². The maximum Gasteiger partial charge on any atom is 0.306 e. The van der Waals surface area contributed by atoms with Crippen LogP contribution in [0.15, 0.2) is 18.3 Å². The first-order valence-corrected chi connectivity index (χ1v) is 4.69. The van der Waals surface area contributed by atoms with E-state index in [1.165, 1.54) is 13.1 Å². The number of ketones is 1. The molecule has 1 heterocycles. The van der Waals surface area contributed by atoms with Gasteiger partial charge in [0.15, 0.2) is 5.78 Å². The number of carboxylic acid groups (broad SMARTS) is 1. The monoisotopic (exact) mass is 207 g/mol. The molecule has 0 fully saturated rings. The molecule has 1 unspecified atom stereocenters. The first-order valence-electron chi connectivity index (χ1n) is 4.69. The van der Waals surface area contributed by atoms with Crippen molar-refractivity contribution in [3.05, 3.63) is 29.6 Å². The summed E-state index contributed by atoms with van der Waals surface area (Å²) in [6, 6.07) is 3.40. The van der Waals surface area contributed by atoms with Gasteiger partial charge in [0.05, 0.1) is 5.92 Å². The van der Waals surface area contributed by atoms with Crippen LogP contribution in [0.2, 0.25) is 0 Å². The number of aromatic nitrogens is 1. The molecule has 1 aromatic heterocycles. The first-order chi connectivity index (χ1) is 7.00. The quantitative estimate of drug-likeness (QED) is 0.763. The number of nitrogens with zero attached hydrogens (tertiary/aromatic N) is 1. The van der Waals surface area contributed by atoms with Crippen molar-refractivity contribution < 1.29 is 14.7 Å². The van der Waals surface area contributed by atoms with Crippen molar-refractivity contribution in [2.45, 2.75) is 20.3 Å². The summed E-state index contributed by atoms with van der Waals surface area (Å²) >= 11 is 0. The second kappa shape index (κ2) is 4.68. The fourth-order valence-corrected chi connectivity index (χ4v) is 1.12. The number of rotatable bonds is 4. The number of carboxylic acids is 1. The van der Waals surface area contributed by atoms with Gasteiger partial charge in [-0.3, -0.25) is 14.6 Å². The predicted octanol–water partition coefficient (Wildman–Crippen LogP) is 1.68. The largest absolute Gasteiger partial charge is 0.481 e. The van der Waals surface area contributed by atoms with E-state index in [0.717, 1.165) is 5.69 Å². The molecule has 0 aliphatic carbocycles. The highest BCUT2D eigenvalue weighted by Gasteiger charge is 2.16. The Balaban J connectivity index is 2.69. The number of carbonyl (C=O) groups excluding carboxylic acids is 1. The molecule has 0 saturated carbocycles. The minimum Gasteiger partial charge on any atom is -0.481 e. The van der Waals surface area contributed by atoms with E-state index in [4.69, 9.17) is 5.11 Å². The van der Waals surface area contributed by atoms with E-state index in [-0.39, 0.29) is 12.2 Å². The third-order valence-corrected chi connectivity index (χ3v) is 2.15. The number of aryl methyl sites for hydroxylation is 1. The van der Waals surface area contributed by atoms with Gasteiger partial charge in [0, 0.05) is 23.9 Å². The summed E-state index contributed by atoms with van der Waals surface area (Å²) in [5.74, 6) is -1.79. The topological polar surface area (TPSA) is 67.3 Å². The van der Waals surface area contributed by atoms with Crippen LogP contribution >= 0.6 is 0 Å². The highest BCUT2D eigenvalue weighted by Crippen LogP contribution is 2.09. The Labute approximate surface area is 88.0 Å². The molecule has 15 heavy (non-hydrogen) atoms. The molecule has 0 radical (unpaired) electrons. The minimum absolute atomic E-state index is 0.0140. The molecule has 1 rings (SSSR count). The van der Waals surface area contributed by atoms with Crippen LogP contribution in [0.3, 0.4) is 0 Å². The average molecular weight is 207 g/mol. The van der Waals surface area contributed by atoms with E-state index >= 15 is 0 Å². The summed E-state index contributed by atoms with van der Waals surface area (Å²) in [6.45, 7) is 3.34. The highest BCUT2D eigenvalue weighted by atomic mass is 16.4. The molecule has 0 amide bonds. The van der Waals surface area contributed by atoms with Crippen LogP contribution in [0.1, 0.15) is 29.4 Å². The molecule has 1 atom stereocenters. The molecular formula is C11H13NO3. The summed E-state index contributed by atoms with van der Waals surface area (Å²) in [6.07, 6.45) is 1.49. The lowest BCUT2D eigenvalue weighted by atomic mass is 10.0. The number of hydrogen-bond acceptors (Lipinski definition) is 3. The fourth-order valence-electron chi connectivity index (χ4n) is 1.12. The normalized spacial score (nSPS) is 12.1. The van der Waals surface area contributed by atoms with Gasteiger partial charge in [-0.25, -0.2) is 0 Å². The van der Waals surface area contributed by atoms with Gasteiger partial charge < -0.3 is 5.11 Å². The predicted molar refractivity (Wildman–Crippen MR) is 54.7 cm³/mol. The Bertz CT molecular complexity index is 370. The standard InChI is InChI=1S/C11H13NO3/c1-7(11(14)15)5-10(13)9-4-3-8(2)12-6-9/h3-4,6-7H,5H2,1-2H3,(H,14,15). The zero-order valence-corrected chi connectivity index (χ0v) is 8.73. The van der Waals surface area contributed by atoms with E-state index in [1.807, 2.05) is 6.92 Å². The zero-order chi connectivity index (χ0) is 11.4. The van der Waals surface area contributed by atoms with Crippen LogP contribution < -0.4 is 0 Å². The number of hydrogen-bond donors (Lipinski definition) is 1. The lowest BCUT2D eigenvalue weighted by Gasteiger charge is -2.04. The molecule has 0 aliphatic heterocycles. The molecule has 0 saturated heterocycles. The second-order valence-corrected chi connectivity index (χ2v) is 3.55. The average Bonchev–Trinajstić information content (AvgIpc) is 2.18. The van der Waals surface area contributed by atoms with Gasteiger partial charge in [-0.1, -0.05) is 6.92 Å². The zero-order valence-electron chi connectivity index (χ0n) is 8.73. The third-order valence-electron chi connectivity index (χ3n) is 2.15. The van der Waals surface area contributed by atoms with E-state index in [2.05, 4.69) is 4.98 Å². The first kappa shape index (κ1) is 11.4. The summed E-state index contributed by atoms with van der Waals surface area (Å²) in [4.78, 5) is 26.1. The maximum absolute atomic E-state index is 11.6. The maximum atomic E-state index is 11.6. The summed E-state index contributed by atoms with van der Waals surface area (Å²) < 4.78 is 0. The second-order valence-electron chi connectivity index (χ2n) is 3.55. The van der Waals surface area contributed by atoms with Gasteiger partial charge in [-0.05, 0) is 19.1 Å². The lowest BCUT2D eigenvalue weighted by Crippen LogP contribution is -2.14. The molecule has 80 valence electrons. The number of carbonyl (C=O) groups is 2. The molecule has 4 nitrogen and oxygen atoms in total. The molecule has 0 bridgehead atoms. The number of pyridine rings is 1. The molecule has 0 aromatic carbocycles. The van der Waals surface area contributed by atoms with Crippen molar-refractivity contribution >= 4 is 11.8 Å². The molecule has 1 aromatic rings. The van der Waals surface area contributed by atoms with Gasteiger partial charge in [0.1, 0.15) is 0 Å². The van der Waals surface area contributed by atoms with Gasteiger partial charge in [-0.15, -0.1) is 0 Å². The van der Waals surface area contributed by atoms with Crippen molar-refractivity contribution in [3.63, 3.8) is 0 Å². The summed E-state index contributed by atoms with van der Waals surface area (Å²) in [7, 11) is 0. The Morgan fingerprint density at radius 1 is 1.47 bits per heavy atom. The molecular weight excluding hydrogens is 194 g/mol. The Morgan fingerprint density at radius 3 is 2.60 bits per heavy atom. The third kappa shape index (κ3) is 3.16. The molecule has 1 N–H and O–H groups in total. The van der Waals surface area contributed by atoms with Gasteiger partial charge >= 0.3 is 5.97 Å². The fraction of sp³-hybridized carbons (Fsp3) is 0.364.